The van der Waals surface area contributed by atoms with Gasteiger partial charge in [-0.25, -0.2) is 4.79 Å². The largest absolute Gasteiger partial charge is 0.478 e. The quantitative estimate of drug-likeness (QED) is 0.672. The molecular weight excluding hydrogens is 204 g/mol. The van der Waals surface area contributed by atoms with Gasteiger partial charge in [0.05, 0.1) is 28.3 Å². The van der Waals surface area contributed by atoms with Gasteiger partial charge in [0.2, 0.25) is 0 Å². The number of rotatable bonds is 1. The van der Waals surface area contributed by atoms with E-state index < -0.39 is 5.97 Å². The number of hydrogen-bond acceptors (Lipinski definition) is 2. The molecule has 1 N–H and O–H groups in total. The van der Waals surface area contributed by atoms with Crippen LogP contribution in [-0.2, 0) is 0 Å². The first-order chi connectivity index (χ1) is 7.75. The molecule has 78 valence electrons. The molecular formula is C12H8N2O2. The van der Waals surface area contributed by atoms with Crippen LogP contribution in [0.15, 0.2) is 42.7 Å². The number of carboxylic acids is 1. The maximum atomic E-state index is 10.9. The molecule has 0 bridgehead atoms. The maximum Gasteiger partial charge on any atom is 0.337 e. The summed E-state index contributed by atoms with van der Waals surface area (Å²) in [5, 5.41) is 8.92. The molecule has 4 nitrogen and oxygen atoms in total. The van der Waals surface area contributed by atoms with Gasteiger partial charge in [-0.2, -0.15) is 0 Å². The van der Waals surface area contributed by atoms with Crippen molar-refractivity contribution in [1.29, 1.82) is 0 Å². The van der Waals surface area contributed by atoms with Crippen molar-refractivity contribution in [2.75, 3.05) is 0 Å². The van der Waals surface area contributed by atoms with E-state index in [0.717, 1.165) is 16.6 Å². The average molecular weight is 212 g/mol. The van der Waals surface area contributed by atoms with Crippen LogP contribution in [0.3, 0.4) is 0 Å². The second kappa shape index (κ2) is 3.06. The molecule has 0 saturated carbocycles. The number of carboxylic acid groups (broad SMARTS) is 1. The monoisotopic (exact) mass is 212 g/mol. The minimum absolute atomic E-state index is 0.276. The summed E-state index contributed by atoms with van der Waals surface area (Å²) in [6.45, 7) is 0. The lowest BCUT2D eigenvalue weighted by molar-refractivity contribution is 0.0697. The molecule has 16 heavy (non-hydrogen) atoms. The summed E-state index contributed by atoms with van der Waals surface area (Å²) >= 11 is 0. The van der Waals surface area contributed by atoms with Crippen LogP contribution >= 0.6 is 0 Å². The standard InChI is InChI=1S/C12H8N2O2/c15-12(16)8-5-9-6-13-10-3-1-2-4-11(10)14(9)7-8/h1-7H,(H,15,16). The van der Waals surface area contributed by atoms with E-state index >= 15 is 0 Å². The molecule has 2 heterocycles. The third-order valence-corrected chi connectivity index (χ3v) is 2.57. The van der Waals surface area contributed by atoms with Crippen LogP contribution in [0.1, 0.15) is 10.4 Å². The second-order valence-electron chi connectivity index (χ2n) is 3.58. The summed E-state index contributed by atoms with van der Waals surface area (Å²) < 4.78 is 1.84. The molecule has 0 aliphatic rings. The smallest absolute Gasteiger partial charge is 0.337 e. The van der Waals surface area contributed by atoms with Crippen molar-refractivity contribution >= 4 is 22.5 Å². The normalized spacial score (nSPS) is 11.0. The van der Waals surface area contributed by atoms with E-state index in [4.69, 9.17) is 5.11 Å². The van der Waals surface area contributed by atoms with Crippen molar-refractivity contribution in [3.8, 4) is 0 Å². The van der Waals surface area contributed by atoms with E-state index in [2.05, 4.69) is 4.98 Å². The first kappa shape index (κ1) is 8.91. The molecule has 1 aromatic carbocycles. The predicted octanol–water partition coefficient (Wildman–Crippen LogP) is 2.19. The minimum Gasteiger partial charge on any atom is -0.478 e. The van der Waals surface area contributed by atoms with Gasteiger partial charge in [-0.3, -0.25) is 4.98 Å². The van der Waals surface area contributed by atoms with E-state index in [-0.39, 0.29) is 5.56 Å². The molecule has 4 heteroatoms. The molecule has 0 spiro atoms. The van der Waals surface area contributed by atoms with Gasteiger partial charge in [0.25, 0.3) is 0 Å². The Morgan fingerprint density at radius 1 is 1.31 bits per heavy atom. The fourth-order valence-corrected chi connectivity index (χ4v) is 1.82. The van der Waals surface area contributed by atoms with Gasteiger partial charge in [0.1, 0.15) is 0 Å². The highest BCUT2D eigenvalue weighted by Gasteiger charge is 2.08. The third kappa shape index (κ3) is 1.16. The minimum atomic E-state index is -0.923. The summed E-state index contributed by atoms with van der Waals surface area (Å²) in [5.41, 5.74) is 2.82. The highest BCUT2D eigenvalue weighted by atomic mass is 16.4. The summed E-state index contributed by atoms with van der Waals surface area (Å²) in [4.78, 5) is 15.1. The lowest BCUT2D eigenvalue weighted by Crippen LogP contribution is -1.92. The molecule has 0 aliphatic carbocycles. The molecule has 0 saturated heterocycles. The molecule has 3 aromatic rings. The van der Waals surface area contributed by atoms with Crippen LogP contribution < -0.4 is 0 Å². The Morgan fingerprint density at radius 2 is 2.12 bits per heavy atom. The Morgan fingerprint density at radius 3 is 2.94 bits per heavy atom. The lowest BCUT2D eigenvalue weighted by Gasteiger charge is -2.00. The SMILES string of the molecule is O=C(O)c1cc2cnc3ccccc3n2c1. The van der Waals surface area contributed by atoms with Crippen molar-refractivity contribution in [3.05, 3.63) is 48.3 Å². The zero-order valence-electron chi connectivity index (χ0n) is 8.29. The van der Waals surface area contributed by atoms with E-state index in [0.29, 0.717) is 0 Å². The highest BCUT2D eigenvalue weighted by Crippen LogP contribution is 2.17. The molecule has 0 aliphatic heterocycles. The van der Waals surface area contributed by atoms with Crippen molar-refractivity contribution in [2.24, 2.45) is 0 Å². The summed E-state index contributed by atoms with van der Waals surface area (Å²) in [6, 6.07) is 9.24. The van der Waals surface area contributed by atoms with Crippen LogP contribution in [0.4, 0.5) is 0 Å². The number of para-hydroxylation sites is 2. The van der Waals surface area contributed by atoms with Gasteiger partial charge >= 0.3 is 5.97 Å². The zero-order valence-corrected chi connectivity index (χ0v) is 8.29. The zero-order chi connectivity index (χ0) is 11.1. The Hall–Kier alpha value is -2.36. The van der Waals surface area contributed by atoms with Crippen molar-refractivity contribution < 1.29 is 9.90 Å². The van der Waals surface area contributed by atoms with Gasteiger partial charge in [-0.05, 0) is 18.2 Å². The second-order valence-corrected chi connectivity index (χ2v) is 3.58. The number of nitrogens with zero attached hydrogens (tertiary/aromatic N) is 2. The van der Waals surface area contributed by atoms with Gasteiger partial charge in [0.15, 0.2) is 0 Å². The number of fused-ring (bicyclic) bond motifs is 3. The fourth-order valence-electron chi connectivity index (χ4n) is 1.82. The summed E-state index contributed by atoms with van der Waals surface area (Å²) in [7, 11) is 0. The van der Waals surface area contributed by atoms with E-state index in [9.17, 15) is 4.79 Å². The number of benzene rings is 1. The number of aromatic nitrogens is 2. The first-order valence-corrected chi connectivity index (χ1v) is 4.85. The van der Waals surface area contributed by atoms with Crippen LogP contribution in [-0.4, -0.2) is 20.5 Å². The topological polar surface area (TPSA) is 54.6 Å². The van der Waals surface area contributed by atoms with E-state index in [1.54, 1.807) is 18.5 Å². The molecule has 0 fully saturated rings. The molecule has 2 aromatic heterocycles. The first-order valence-electron chi connectivity index (χ1n) is 4.85. The maximum absolute atomic E-state index is 10.9. The molecule has 3 rings (SSSR count). The molecule has 0 atom stereocenters. The summed E-state index contributed by atoms with van der Waals surface area (Å²) in [6.07, 6.45) is 3.29. The molecule has 0 amide bonds. The average Bonchev–Trinajstić information content (AvgIpc) is 2.73. The Bertz CT molecular complexity index is 700. The number of carbonyl (C=O) groups is 1. The van der Waals surface area contributed by atoms with Gasteiger partial charge < -0.3 is 9.51 Å². The molecule has 0 radical (unpaired) electrons. The third-order valence-electron chi connectivity index (χ3n) is 2.57. The highest BCUT2D eigenvalue weighted by molar-refractivity contribution is 5.91. The predicted molar refractivity (Wildman–Crippen MR) is 59.7 cm³/mol. The lowest BCUT2D eigenvalue weighted by atomic mass is 10.3. The van der Waals surface area contributed by atoms with Gasteiger partial charge in [0, 0.05) is 6.20 Å². The van der Waals surface area contributed by atoms with Gasteiger partial charge in [-0.15, -0.1) is 0 Å². The Labute approximate surface area is 90.8 Å². The number of hydrogen-bond donors (Lipinski definition) is 1. The fraction of sp³-hybridized carbons (Fsp3) is 0. The van der Waals surface area contributed by atoms with Crippen LogP contribution in [0.5, 0.6) is 0 Å². The van der Waals surface area contributed by atoms with Crippen molar-refractivity contribution in [3.63, 3.8) is 0 Å². The molecule has 0 unspecified atom stereocenters. The van der Waals surface area contributed by atoms with Gasteiger partial charge in [-0.1, -0.05) is 12.1 Å². The van der Waals surface area contributed by atoms with Crippen LogP contribution in [0, 0.1) is 0 Å². The van der Waals surface area contributed by atoms with Crippen LogP contribution in [0.2, 0.25) is 0 Å². The Balaban J connectivity index is 2.46. The van der Waals surface area contributed by atoms with E-state index in [1.807, 2.05) is 28.7 Å². The van der Waals surface area contributed by atoms with Crippen molar-refractivity contribution in [2.45, 2.75) is 0 Å². The summed E-state index contributed by atoms with van der Waals surface area (Å²) in [5.74, 6) is -0.923. The Kier molecular flexibility index (Phi) is 1.71. The van der Waals surface area contributed by atoms with E-state index in [1.165, 1.54) is 0 Å². The number of aromatic carboxylic acids is 1. The van der Waals surface area contributed by atoms with Crippen molar-refractivity contribution in [1.82, 2.24) is 9.38 Å². The van der Waals surface area contributed by atoms with Crippen LogP contribution in [0.25, 0.3) is 16.6 Å².